The number of carbonyl (C=O) groups excluding carboxylic acids is 1. The van der Waals surface area contributed by atoms with E-state index in [9.17, 15) is 22.0 Å². The Bertz CT molecular complexity index is 687. The summed E-state index contributed by atoms with van der Waals surface area (Å²) in [6.45, 7) is 1.80. The Balaban J connectivity index is 1.62. The lowest BCUT2D eigenvalue weighted by Crippen LogP contribution is -2.37. The summed E-state index contributed by atoms with van der Waals surface area (Å²) in [6.07, 6.45) is 3.33. The van der Waals surface area contributed by atoms with Gasteiger partial charge in [0.1, 0.15) is 0 Å². The zero-order valence-electron chi connectivity index (χ0n) is 12.4. The van der Waals surface area contributed by atoms with Crippen LogP contribution in [-0.4, -0.2) is 50.2 Å². The number of hydrogen-bond donors (Lipinski definition) is 1. The third kappa shape index (κ3) is 3.53. The molecule has 1 aliphatic carbocycles. The van der Waals surface area contributed by atoms with Crippen LogP contribution in [0.5, 0.6) is 0 Å². The first-order chi connectivity index (χ1) is 10.9. The van der Waals surface area contributed by atoms with Gasteiger partial charge < -0.3 is 5.32 Å². The van der Waals surface area contributed by atoms with Crippen LogP contribution in [0.25, 0.3) is 0 Å². The Hall–Kier alpha value is -1.54. The van der Waals surface area contributed by atoms with Crippen LogP contribution in [0.3, 0.4) is 0 Å². The van der Waals surface area contributed by atoms with Gasteiger partial charge in [-0.15, -0.1) is 0 Å². The maximum absolute atomic E-state index is 12.5. The van der Waals surface area contributed by atoms with Gasteiger partial charge in [0.2, 0.25) is 9.84 Å². The Labute approximate surface area is 133 Å². The second-order valence-electron chi connectivity index (χ2n) is 6.02. The van der Waals surface area contributed by atoms with Crippen LogP contribution in [0, 0.1) is 0 Å². The van der Waals surface area contributed by atoms with E-state index in [1.54, 1.807) is 0 Å². The molecule has 0 unspecified atom stereocenters. The van der Waals surface area contributed by atoms with Crippen LogP contribution in [0.2, 0.25) is 0 Å². The van der Waals surface area contributed by atoms with Crippen molar-refractivity contribution in [3.63, 3.8) is 0 Å². The number of likely N-dealkylation sites (tertiary alicyclic amines) is 1. The monoisotopic (exact) mass is 344 g/mol. The molecular weight excluding hydrogens is 326 g/mol. The van der Waals surface area contributed by atoms with E-state index in [4.69, 9.17) is 0 Å². The van der Waals surface area contributed by atoms with E-state index in [1.807, 2.05) is 0 Å². The molecule has 23 heavy (non-hydrogen) atoms. The molecule has 5 nitrogen and oxygen atoms in total. The molecule has 3 rings (SSSR count). The van der Waals surface area contributed by atoms with E-state index in [1.165, 1.54) is 25.0 Å². The van der Waals surface area contributed by atoms with E-state index in [-0.39, 0.29) is 17.5 Å². The van der Waals surface area contributed by atoms with Crippen molar-refractivity contribution in [3.05, 3.63) is 29.8 Å². The number of nitrogens with zero attached hydrogens (tertiary/aromatic N) is 1. The fourth-order valence-electron chi connectivity index (χ4n) is 2.84. The van der Waals surface area contributed by atoms with Crippen LogP contribution < -0.4 is 5.32 Å². The minimum Gasteiger partial charge on any atom is -0.348 e. The lowest BCUT2D eigenvalue weighted by atomic mass is 10.2. The minimum atomic E-state index is -4.62. The molecule has 8 heteroatoms. The Morgan fingerprint density at radius 2 is 1.83 bits per heavy atom. The van der Waals surface area contributed by atoms with E-state index >= 15 is 0 Å². The van der Waals surface area contributed by atoms with Crippen LogP contribution in [-0.2, 0) is 9.84 Å². The van der Waals surface area contributed by atoms with Crippen LogP contribution in [0.1, 0.15) is 29.6 Å². The maximum atomic E-state index is 12.5. The van der Waals surface area contributed by atoms with Gasteiger partial charge in [0.05, 0.1) is 4.90 Å². The molecule has 1 N–H and O–H groups in total. The highest BCUT2D eigenvalue weighted by Gasteiger charge is 2.35. The molecule has 1 aromatic rings. The molecular formula is C15H18F2N2O3S. The Morgan fingerprint density at radius 1 is 1.17 bits per heavy atom. The number of alkyl halides is 2. The van der Waals surface area contributed by atoms with Gasteiger partial charge in [0, 0.05) is 30.7 Å². The SMILES string of the molecule is O=C(N[C@@H]1CCN(C2CC2)C1)c1ccc(S(=O)(=O)C(F)F)cc1. The summed E-state index contributed by atoms with van der Waals surface area (Å²) in [5, 5.41) is 2.91. The number of sulfone groups is 1. The van der Waals surface area contributed by atoms with E-state index in [0.29, 0.717) is 6.04 Å². The van der Waals surface area contributed by atoms with E-state index in [0.717, 1.165) is 31.6 Å². The van der Waals surface area contributed by atoms with Crippen molar-refractivity contribution in [1.82, 2.24) is 10.2 Å². The smallest absolute Gasteiger partial charge is 0.341 e. The molecule has 0 spiro atoms. The van der Waals surface area contributed by atoms with Gasteiger partial charge in [-0.2, -0.15) is 8.78 Å². The Kier molecular flexibility index (Phi) is 4.37. The highest BCUT2D eigenvalue weighted by Crippen LogP contribution is 2.29. The van der Waals surface area contributed by atoms with Gasteiger partial charge in [-0.05, 0) is 43.5 Å². The summed E-state index contributed by atoms with van der Waals surface area (Å²) >= 11 is 0. The molecule has 1 heterocycles. The summed E-state index contributed by atoms with van der Waals surface area (Å²) in [6, 6.07) is 5.35. The molecule has 0 aromatic heterocycles. The minimum absolute atomic E-state index is 0.0765. The summed E-state index contributed by atoms with van der Waals surface area (Å²) in [5.41, 5.74) is 0.267. The molecule has 1 aliphatic heterocycles. The zero-order chi connectivity index (χ0) is 16.6. The predicted octanol–water partition coefficient (Wildman–Crippen LogP) is 1.65. The first-order valence-corrected chi connectivity index (χ1v) is 9.09. The number of rotatable bonds is 5. The van der Waals surface area contributed by atoms with Crippen molar-refractivity contribution < 1.29 is 22.0 Å². The van der Waals surface area contributed by atoms with Crippen molar-refractivity contribution in [2.45, 2.75) is 42.0 Å². The Morgan fingerprint density at radius 3 is 2.39 bits per heavy atom. The molecule has 2 fully saturated rings. The van der Waals surface area contributed by atoms with Crippen molar-refractivity contribution >= 4 is 15.7 Å². The number of halogens is 2. The van der Waals surface area contributed by atoms with Gasteiger partial charge in [0.25, 0.3) is 5.91 Å². The number of hydrogen-bond acceptors (Lipinski definition) is 4. The fourth-order valence-corrected chi connectivity index (χ4v) is 3.57. The van der Waals surface area contributed by atoms with Gasteiger partial charge >= 0.3 is 5.76 Å². The third-order valence-electron chi connectivity index (χ3n) is 4.30. The molecule has 1 saturated carbocycles. The van der Waals surface area contributed by atoms with E-state index < -0.39 is 20.5 Å². The summed E-state index contributed by atoms with van der Waals surface area (Å²) in [4.78, 5) is 14.0. The molecule has 2 aliphatic rings. The quantitative estimate of drug-likeness (QED) is 0.882. The third-order valence-corrected chi connectivity index (χ3v) is 5.70. The fraction of sp³-hybridized carbons (Fsp3) is 0.533. The maximum Gasteiger partial charge on any atom is 0.341 e. The molecule has 126 valence electrons. The van der Waals surface area contributed by atoms with E-state index in [2.05, 4.69) is 10.2 Å². The van der Waals surface area contributed by atoms with Crippen molar-refractivity contribution in [2.24, 2.45) is 0 Å². The first kappa shape index (κ1) is 16.3. The largest absolute Gasteiger partial charge is 0.348 e. The number of benzene rings is 1. The van der Waals surface area contributed by atoms with Gasteiger partial charge in [0.15, 0.2) is 0 Å². The van der Waals surface area contributed by atoms with Crippen LogP contribution >= 0.6 is 0 Å². The summed E-state index contributed by atoms with van der Waals surface area (Å²) in [5.74, 6) is -3.78. The average molecular weight is 344 g/mol. The first-order valence-electron chi connectivity index (χ1n) is 7.55. The molecule has 1 amide bonds. The molecule has 0 radical (unpaired) electrons. The summed E-state index contributed by atoms with van der Waals surface area (Å²) < 4.78 is 47.6. The number of carbonyl (C=O) groups is 1. The van der Waals surface area contributed by atoms with Gasteiger partial charge in [-0.3, -0.25) is 9.69 Å². The number of nitrogens with one attached hydrogen (secondary N) is 1. The van der Waals surface area contributed by atoms with Crippen molar-refractivity contribution in [2.75, 3.05) is 13.1 Å². The molecule has 1 saturated heterocycles. The summed E-state index contributed by atoms with van der Waals surface area (Å²) in [7, 11) is -4.62. The number of amides is 1. The predicted molar refractivity (Wildman–Crippen MR) is 80.1 cm³/mol. The van der Waals surface area contributed by atoms with Crippen LogP contribution in [0.15, 0.2) is 29.2 Å². The van der Waals surface area contributed by atoms with Gasteiger partial charge in [-0.25, -0.2) is 8.42 Å². The lowest BCUT2D eigenvalue weighted by molar-refractivity contribution is 0.0937. The zero-order valence-corrected chi connectivity index (χ0v) is 13.2. The standard InChI is InChI=1S/C15H18F2N2O3S/c16-15(17)23(21,22)13-5-1-10(2-6-13)14(20)18-11-7-8-19(9-11)12-3-4-12/h1-2,5-6,11-12,15H,3-4,7-9H2,(H,18,20)/t11-/m1/s1. The molecule has 0 bridgehead atoms. The van der Waals surface area contributed by atoms with Crippen molar-refractivity contribution in [1.29, 1.82) is 0 Å². The molecule has 1 aromatic carbocycles. The average Bonchev–Trinajstić information content (AvgIpc) is 3.27. The van der Waals surface area contributed by atoms with Crippen molar-refractivity contribution in [3.8, 4) is 0 Å². The highest BCUT2D eigenvalue weighted by molar-refractivity contribution is 7.91. The topological polar surface area (TPSA) is 66.5 Å². The highest BCUT2D eigenvalue weighted by atomic mass is 32.2. The lowest BCUT2D eigenvalue weighted by Gasteiger charge is -2.15. The second kappa shape index (κ2) is 6.16. The normalized spacial score (nSPS) is 22.5. The van der Waals surface area contributed by atoms with Crippen LogP contribution in [0.4, 0.5) is 8.78 Å². The molecule has 1 atom stereocenters. The second-order valence-corrected chi connectivity index (χ2v) is 7.93. The van der Waals surface area contributed by atoms with Gasteiger partial charge in [-0.1, -0.05) is 0 Å².